The van der Waals surface area contributed by atoms with Gasteiger partial charge in [0.1, 0.15) is 13.2 Å². The minimum atomic E-state index is 0.653. The van der Waals surface area contributed by atoms with Gasteiger partial charge in [0.05, 0.1) is 0 Å². The minimum absolute atomic E-state index is 0.653. The smallest absolute Gasteiger partial charge is 0.217 e. The molecule has 0 spiro atoms. The average molecular weight is 141 g/mol. The predicted octanol–water partition coefficient (Wildman–Crippen LogP) is 1.32. The maximum atomic E-state index is 5.23. The van der Waals surface area contributed by atoms with Gasteiger partial charge in [-0.3, -0.25) is 0 Å². The quantitative estimate of drug-likeness (QED) is 0.542. The summed E-state index contributed by atoms with van der Waals surface area (Å²) in [5.41, 5.74) is 0. The molecule has 0 aromatic carbocycles. The molecule has 1 radical (unpaired) electrons. The molecule has 0 fully saturated rings. The van der Waals surface area contributed by atoms with E-state index >= 15 is 0 Å². The first-order valence-corrected chi connectivity index (χ1v) is 3.59. The van der Waals surface area contributed by atoms with Gasteiger partial charge in [-0.05, 0) is 0 Å². The highest BCUT2D eigenvalue weighted by Gasteiger charge is 2.11. The topological polar surface area (TPSA) is 18.5 Å². The predicted molar refractivity (Wildman–Crippen MR) is 34.1 cm³/mol. The summed E-state index contributed by atoms with van der Waals surface area (Å²) in [4.78, 5) is 0. The maximum absolute atomic E-state index is 5.23. The van der Waals surface area contributed by atoms with Crippen molar-refractivity contribution in [2.45, 2.75) is 0 Å². The van der Waals surface area contributed by atoms with Gasteiger partial charge >= 0.3 is 0 Å². The third-order valence-electron chi connectivity index (χ3n) is 1.10. The van der Waals surface area contributed by atoms with E-state index in [0.717, 1.165) is 10.8 Å². The molecule has 2 nitrogen and oxygen atoms in total. The van der Waals surface area contributed by atoms with E-state index in [-0.39, 0.29) is 0 Å². The second kappa shape index (κ2) is 1.92. The van der Waals surface area contributed by atoms with Crippen LogP contribution in [0.4, 0.5) is 0 Å². The first-order chi connectivity index (χ1) is 4.47. The Morgan fingerprint density at radius 1 is 1.44 bits per heavy atom. The molecule has 0 saturated carbocycles. The fourth-order valence-electron chi connectivity index (χ4n) is 0.727. The number of hydrogen-bond acceptors (Lipinski definition) is 3. The van der Waals surface area contributed by atoms with Gasteiger partial charge in [0.25, 0.3) is 0 Å². The molecular weight excluding hydrogens is 136 g/mol. The van der Waals surface area contributed by atoms with Gasteiger partial charge in [0.15, 0.2) is 5.75 Å². The Morgan fingerprint density at radius 2 is 2.33 bits per heavy atom. The van der Waals surface area contributed by atoms with Crippen molar-refractivity contribution in [1.29, 1.82) is 0 Å². The lowest BCUT2D eigenvalue weighted by atomic mass is 10.5. The van der Waals surface area contributed by atoms with Crippen LogP contribution in [-0.4, -0.2) is 13.2 Å². The van der Waals surface area contributed by atoms with Crippen LogP contribution < -0.4 is 9.47 Å². The molecule has 0 aliphatic carbocycles. The van der Waals surface area contributed by atoms with Gasteiger partial charge in [-0.15, -0.1) is 11.3 Å². The normalized spacial score (nSPS) is 15.6. The zero-order valence-corrected chi connectivity index (χ0v) is 5.53. The van der Waals surface area contributed by atoms with Crippen molar-refractivity contribution in [3.8, 4) is 10.8 Å². The van der Waals surface area contributed by atoms with Gasteiger partial charge in [-0.2, -0.15) is 0 Å². The third-order valence-corrected chi connectivity index (χ3v) is 1.86. The molecular formula is C6H5O2S. The van der Waals surface area contributed by atoms with Crippen molar-refractivity contribution in [1.82, 2.24) is 0 Å². The Bertz CT molecular complexity index is 186. The van der Waals surface area contributed by atoms with E-state index in [2.05, 4.69) is 6.07 Å². The van der Waals surface area contributed by atoms with Crippen molar-refractivity contribution in [2.75, 3.05) is 13.2 Å². The third kappa shape index (κ3) is 0.772. The molecule has 0 bridgehead atoms. The average Bonchev–Trinajstić information content (AvgIpc) is 2.33. The molecule has 1 aromatic rings. The van der Waals surface area contributed by atoms with Crippen molar-refractivity contribution in [3.05, 3.63) is 11.4 Å². The van der Waals surface area contributed by atoms with E-state index in [4.69, 9.17) is 9.47 Å². The van der Waals surface area contributed by atoms with Crippen LogP contribution in [0.5, 0.6) is 10.8 Å². The monoisotopic (exact) mass is 141 g/mol. The van der Waals surface area contributed by atoms with Gasteiger partial charge < -0.3 is 9.47 Å². The highest BCUT2D eigenvalue weighted by Crippen LogP contribution is 2.34. The lowest BCUT2D eigenvalue weighted by Crippen LogP contribution is -2.13. The van der Waals surface area contributed by atoms with Crippen LogP contribution in [0, 0.1) is 6.07 Å². The minimum Gasteiger partial charge on any atom is -0.485 e. The molecule has 2 rings (SSSR count). The summed E-state index contributed by atoms with van der Waals surface area (Å²) >= 11 is 1.52. The van der Waals surface area contributed by atoms with Crippen molar-refractivity contribution >= 4 is 11.3 Å². The van der Waals surface area contributed by atoms with E-state index < -0.39 is 0 Å². The van der Waals surface area contributed by atoms with Crippen LogP contribution in [-0.2, 0) is 0 Å². The number of ether oxygens (including phenoxy) is 2. The number of rotatable bonds is 0. The second-order valence-electron chi connectivity index (χ2n) is 1.69. The Kier molecular flexibility index (Phi) is 1.09. The molecule has 3 heteroatoms. The van der Waals surface area contributed by atoms with E-state index in [1.165, 1.54) is 11.3 Å². The van der Waals surface area contributed by atoms with Crippen LogP contribution >= 0.6 is 11.3 Å². The summed E-state index contributed by atoms with van der Waals surface area (Å²) in [6.45, 7) is 1.32. The highest BCUT2D eigenvalue weighted by molar-refractivity contribution is 7.12. The van der Waals surface area contributed by atoms with Crippen LogP contribution in [0.25, 0.3) is 0 Å². The van der Waals surface area contributed by atoms with E-state index in [1.54, 1.807) is 0 Å². The summed E-state index contributed by atoms with van der Waals surface area (Å²) in [5, 5.41) is 2.71. The number of fused-ring (bicyclic) bond motifs is 1. The Hall–Kier alpha value is -0.700. The molecule has 47 valence electrons. The first-order valence-electron chi connectivity index (χ1n) is 2.71. The lowest BCUT2D eigenvalue weighted by Gasteiger charge is -2.12. The highest BCUT2D eigenvalue weighted by atomic mass is 32.1. The fraction of sp³-hybridized carbons (Fsp3) is 0.333. The summed E-state index contributed by atoms with van der Waals surface area (Å²) in [7, 11) is 0. The van der Waals surface area contributed by atoms with Crippen LogP contribution in [0.1, 0.15) is 0 Å². The van der Waals surface area contributed by atoms with Crippen LogP contribution in [0.3, 0.4) is 0 Å². The molecule has 9 heavy (non-hydrogen) atoms. The van der Waals surface area contributed by atoms with Crippen molar-refractivity contribution < 1.29 is 9.47 Å². The zero-order valence-electron chi connectivity index (χ0n) is 4.72. The molecule has 0 saturated heterocycles. The fourth-order valence-corrected chi connectivity index (χ4v) is 1.38. The SMILES string of the molecule is [c]1csc2c1OCCO2. The lowest BCUT2D eigenvalue weighted by molar-refractivity contribution is 0.177. The van der Waals surface area contributed by atoms with Gasteiger partial charge in [0.2, 0.25) is 5.06 Å². The first kappa shape index (κ1) is 5.11. The zero-order chi connectivity index (χ0) is 6.10. The molecule has 1 aliphatic rings. The maximum Gasteiger partial charge on any atom is 0.217 e. The summed E-state index contributed by atoms with van der Waals surface area (Å²) in [6.07, 6.45) is 0. The van der Waals surface area contributed by atoms with Crippen LogP contribution in [0.15, 0.2) is 5.38 Å². The van der Waals surface area contributed by atoms with Gasteiger partial charge in [0, 0.05) is 11.4 Å². The number of thiophene rings is 1. The molecule has 0 amide bonds. The van der Waals surface area contributed by atoms with E-state index in [9.17, 15) is 0 Å². The van der Waals surface area contributed by atoms with Gasteiger partial charge in [-0.1, -0.05) is 0 Å². The van der Waals surface area contributed by atoms with E-state index in [0.29, 0.717) is 13.2 Å². The molecule has 0 unspecified atom stereocenters. The summed E-state index contributed by atoms with van der Waals surface area (Å²) in [6, 6.07) is 2.93. The Morgan fingerprint density at radius 3 is 3.22 bits per heavy atom. The largest absolute Gasteiger partial charge is 0.485 e. The van der Waals surface area contributed by atoms with E-state index in [1.807, 2.05) is 5.38 Å². The molecule has 0 N–H and O–H groups in total. The summed E-state index contributed by atoms with van der Waals surface area (Å²) < 4.78 is 10.4. The Balaban J connectivity index is 2.39. The second-order valence-corrected chi connectivity index (χ2v) is 2.54. The molecule has 0 atom stereocenters. The standard InChI is InChI=1S/C6H5O2S/c1-4-9-6-5(1)7-2-3-8-6/h4H,2-3H2. The summed E-state index contributed by atoms with van der Waals surface area (Å²) in [5.74, 6) is 0.770. The van der Waals surface area contributed by atoms with Crippen LogP contribution in [0.2, 0.25) is 0 Å². The molecule has 1 aromatic heterocycles. The van der Waals surface area contributed by atoms with Gasteiger partial charge in [-0.25, -0.2) is 0 Å². The molecule has 2 heterocycles. The van der Waals surface area contributed by atoms with Crippen molar-refractivity contribution in [2.24, 2.45) is 0 Å². The Labute approximate surface area is 57.0 Å². The molecule has 1 aliphatic heterocycles. The van der Waals surface area contributed by atoms with Crippen molar-refractivity contribution in [3.63, 3.8) is 0 Å². The number of hydrogen-bond donors (Lipinski definition) is 0.